The van der Waals surface area contributed by atoms with E-state index >= 15 is 0 Å². The van der Waals surface area contributed by atoms with Crippen LogP contribution in [0.25, 0.3) is 0 Å². The minimum atomic E-state index is -1.16. The number of nitrogens with one attached hydrogen (secondary N) is 3. The minimum Gasteiger partial charge on any atom is -0.503 e. The van der Waals surface area contributed by atoms with E-state index in [0.717, 1.165) is 0 Å². The monoisotopic (exact) mass is 606 g/mol. The number of benzene rings is 2. The van der Waals surface area contributed by atoms with Crippen molar-refractivity contribution >= 4 is 34.1 Å². The highest BCUT2D eigenvalue weighted by atomic mass is 79.9. The maximum Gasteiger partial charge on any atom is 0.337 e. The molecule has 0 fully saturated rings. The van der Waals surface area contributed by atoms with Crippen LogP contribution in [0.3, 0.4) is 0 Å². The number of nitrogens with zero attached hydrogens (tertiary/aromatic N) is 1. The number of hydrazone groups is 1. The first-order valence-corrected chi connectivity index (χ1v) is 12.9. The summed E-state index contributed by atoms with van der Waals surface area (Å²) in [5.74, 6) is 0.415. The molecule has 2 atom stereocenters. The number of phenolic OH excluding ortho intramolecular Hbond substituents is 1. The number of hydrogen-bond donors (Lipinski definition) is 5. The van der Waals surface area contributed by atoms with Crippen LogP contribution in [0, 0.1) is 0 Å². The number of aromatic hydroxyl groups is 1. The van der Waals surface area contributed by atoms with Gasteiger partial charge in [0.15, 0.2) is 29.2 Å². The van der Waals surface area contributed by atoms with Crippen molar-refractivity contribution < 1.29 is 38.7 Å². The molecular formula is C26H31BrN4O8. The summed E-state index contributed by atoms with van der Waals surface area (Å²) in [5, 5.41) is 29.7. The Morgan fingerprint density at radius 2 is 1.87 bits per heavy atom. The summed E-state index contributed by atoms with van der Waals surface area (Å²) in [7, 11) is 1.27. The van der Waals surface area contributed by atoms with Gasteiger partial charge in [0.1, 0.15) is 6.61 Å². The highest BCUT2D eigenvalue weighted by Gasteiger charge is 2.32. The van der Waals surface area contributed by atoms with Gasteiger partial charge in [-0.2, -0.15) is 5.10 Å². The number of carbonyl (C=O) groups excluding carboxylic acids is 2. The number of hydrogen-bond acceptors (Lipinski definition) is 10. The highest BCUT2D eigenvalue weighted by Crippen LogP contribution is 2.36. The number of amides is 2. The Bertz CT molecular complexity index is 1270. The van der Waals surface area contributed by atoms with E-state index in [1.54, 1.807) is 51.1 Å². The Morgan fingerprint density at radius 1 is 1.15 bits per heavy atom. The standard InChI is InChI=1S/C26H31BrN4O8/c1-5-37-19-11-16(23-22(25(34)36-4)14(3)29-26(35)30-23)7-8-18(19)39-13-21(32)31-28-12-15-9-17(27)24(33)20(10-15)38-6-2/h7-12,21,23,31-33H,5-6,13H2,1-4H3,(H2,29,30,35)/b28-12-/t21-,23-/m1/s1. The van der Waals surface area contributed by atoms with E-state index in [2.05, 4.69) is 37.1 Å². The van der Waals surface area contributed by atoms with Crippen LogP contribution in [-0.4, -0.2) is 61.6 Å². The number of carbonyl (C=O) groups is 2. The lowest BCUT2D eigenvalue weighted by Crippen LogP contribution is -2.45. The number of rotatable bonds is 12. The molecule has 39 heavy (non-hydrogen) atoms. The van der Waals surface area contributed by atoms with Crippen molar-refractivity contribution in [1.29, 1.82) is 0 Å². The zero-order valence-corrected chi connectivity index (χ0v) is 23.5. The Hall–Kier alpha value is -3.97. The van der Waals surface area contributed by atoms with Gasteiger partial charge >= 0.3 is 12.0 Å². The SMILES string of the molecule is CCOc1cc([C@H]2NC(=O)NC(C)=C2C(=O)OC)ccc1OC[C@@H](O)N/N=C\c1cc(Br)c(O)c(OCC)c1. The number of aliphatic hydroxyl groups is 1. The van der Waals surface area contributed by atoms with Gasteiger partial charge in [0.25, 0.3) is 0 Å². The number of urea groups is 1. The van der Waals surface area contributed by atoms with Gasteiger partial charge in [-0.15, -0.1) is 0 Å². The first-order chi connectivity index (χ1) is 18.7. The maximum absolute atomic E-state index is 12.4. The predicted octanol–water partition coefficient (Wildman–Crippen LogP) is 3.07. The summed E-state index contributed by atoms with van der Waals surface area (Å²) in [6.07, 6.45) is 0.292. The van der Waals surface area contributed by atoms with Crippen molar-refractivity contribution in [1.82, 2.24) is 16.1 Å². The van der Waals surface area contributed by atoms with E-state index in [0.29, 0.717) is 51.8 Å². The molecule has 0 aromatic heterocycles. The van der Waals surface area contributed by atoms with Gasteiger partial charge in [-0.3, -0.25) is 5.43 Å². The molecule has 2 aromatic carbocycles. The van der Waals surface area contributed by atoms with Gasteiger partial charge in [-0.1, -0.05) is 6.07 Å². The lowest BCUT2D eigenvalue weighted by molar-refractivity contribution is -0.136. The molecular weight excluding hydrogens is 576 g/mol. The zero-order valence-electron chi connectivity index (χ0n) is 21.9. The zero-order chi connectivity index (χ0) is 28.5. The Balaban J connectivity index is 1.70. The molecule has 0 spiro atoms. The van der Waals surface area contributed by atoms with Crippen molar-refractivity contribution in [2.24, 2.45) is 5.10 Å². The maximum atomic E-state index is 12.4. The van der Waals surface area contributed by atoms with E-state index in [4.69, 9.17) is 18.9 Å². The average Bonchev–Trinajstić information content (AvgIpc) is 2.90. The van der Waals surface area contributed by atoms with Crippen LogP contribution in [0.5, 0.6) is 23.0 Å². The molecule has 3 rings (SSSR count). The molecule has 0 unspecified atom stereocenters. The fourth-order valence-corrected chi connectivity index (χ4v) is 4.21. The van der Waals surface area contributed by atoms with Gasteiger partial charge < -0.3 is 39.8 Å². The molecule has 0 bridgehead atoms. The summed E-state index contributed by atoms with van der Waals surface area (Å²) >= 11 is 3.27. The van der Waals surface area contributed by atoms with E-state index in [9.17, 15) is 19.8 Å². The number of esters is 1. The van der Waals surface area contributed by atoms with E-state index in [1.165, 1.54) is 13.3 Å². The second-order valence-corrected chi connectivity index (χ2v) is 9.05. The van der Waals surface area contributed by atoms with Gasteiger partial charge in [-0.25, -0.2) is 9.59 Å². The fraction of sp³-hybridized carbons (Fsp3) is 0.346. The fourth-order valence-electron chi connectivity index (χ4n) is 3.75. The molecule has 1 heterocycles. The average molecular weight is 607 g/mol. The van der Waals surface area contributed by atoms with Crippen molar-refractivity contribution in [3.63, 3.8) is 0 Å². The molecule has 1 aliphatic rings. The molecule has 210 valence electrons. The number of allylic oxidation sites excluding steroid dienone is 1. The topological polar surface area (TPSA) is 160 Å². The molecule has 5 N–H and O–H groups in total. The first-order valence-electron chi connectivity index (χ1n) is 12.1. The summed E-state index contributed by atoms with van der Waals surface area (Å²) in [6.45, 7) is 5.77. The third-order valence-electron chi connectivity index (χ3n) is 5.46. The van der Waals surface area contributed by atoms with Gasteiger partial charge in [0, 0.05) is 5.70 Å². The lowest BCUT2D eigenvalue weighted by Gasteiger charge is -2.28. The lowest BCUT2D eigenvalue weighted by atomic mass is 9.95. The molecule has 0 saturated heterocycles. The van der Waals surface area contributed by atoms with Crippen molar-refractivity contribution in [3.8, 4) is 23.0 Å². The van der Waals surface area contributed by atoms with Crippen LogP contribution >= 0.6 is 15.9 Å². The second-order valence-electron chi connectivity index (χ2n) is 8.20. The Labute approximate surface area is 234 Å². The smallest absolute Gasteiger partial charge is 0.337 e. The highest BCUT2D eigenvalue weighted by molar-refractivity contribution is 9.10. The van der Waals surface area contributed by atoms with E-state index < -0.39 is 24.3 Å². The Morgan fingerprint density at radius 3 is 2.56 bits per heavy atom. The number of phenols is 1. The summed E-state index contributed by atoms with van der Waals surface area (Å²) in [4.78, 5) is 24.5. The Kier molecular flexibility index (Phi) is 10.4. The summed E-state index contributed by atoms with van der Waals surface area (Å²) in [5.41, 5.74) is 4.42. The molecule has 0 saturated carbocycles. The largest absolute Gasteiger partial charge is 0.503 e. The normalized spacial score (nSPS) is 15.8. The second kappa shape index (κ2) is 13.7. The molecule has 1 aliphatic heterocycles. The van der Waals surface area contributed by atoms with Crippen LogP contribution in [-0.2, 0) is 9.53 Å². The first kappa shape index (κ1) is 29.6. The van der Waals surface area contributed by atoms with E-state index in [-0.39, 0.29) is 17.9 Å². The van der Waals surface area contributed by atoms with Crippen LogP contribution in [0.2, 0.25) is 0 Å². The quantitative estimate of drug-likeness (QED) is 0.106. The number of aliphatic hydroxyl groups excluding tert-OH is 1. The predicted molar refractivity (Wildman–Crippen MR) is 146 cm³/mol. The molecule has 0 aliphatic carbocycles. The summed E-state index contributed by atoms with van der Waals surface area (Å²) < 4.78 is 22.2. The third kappa shape index (κ3) is 7.54. The van der Waals surface area contributed by atoms with Gasteiger partial charge in [0.2, 0.25) is 0 Å². The molecule has 2 amide bonds. The van der Waals surface area contributed by atoms with Crippen molar-refractivity contribution in [2.45, 2.75) is 33.0 Å². The molecule has 12 nitrogen and oxygen atoms in total. The molecule has 0 radical (unpaired) electrons. The van der Waals surface area contributed by atoms with Crippen LogP contribution < -0.4 is 30.3 Å². The van der Waals surface area contributed by atoms with Gasteiger partial charge in [-0.05, 0) is 72.1 Å². The van der Waals surface area contributed by atoms with Crippen LogP contribution in [0.15, 0.2) is 51.2 Å². The summed E-state index contributed by atoms with van der Waals surface area (Å²) in [6, 6.07) is 7.01. The number of halogens is 1. The van der Waals surface area contributed by atoms with Crippen LogP contribution in [0.1, 0.15) is 37.9 Å². The minimum absolute atomic E-state index is 0.0123. The van der Waals surface area contributed by atoms with Crippen molar-refractivity contribution in [3.05, 3.63) is 57.2 Å². The van der Waals surface area contributed by atoms with Crippen LogP contribution in [0.4, 0.5) is 4.79 Å². The molecule has 2 aromatic rings. The van der Waals surface area contributed by atoms with Crippen molar-refractivity contribution in [2.75, 3.05) is 26.9 Å². The molecule has 13 heteroatoms. The number of ether oxygens (including phenoxy) is 4. The van der Waals surface area contributed by atoms with Gasteiger partial charge in [0.05, 0.1) is 42.6 Å². The van der Waals surface area contributed by atoms with E-state index in [1.807, 2.05) is 0 Å². The number of methoxy groups -OCH3 is 1. The third-order valence-corrected chi connectivity index (χ3v) is 6.06.